The van der Waals surface area contributed by atoms with E-state index in [9.17, 15) is 9.59 Å². The van der Waals surface area contributed by atoms with Gasteiger partial charge < -0.3 is 10.4 Å². The van der Waals surface area contributed by atoms with Gasteiger partial charge in [0.15, 0.2) is 0 Å². The van der Waals surface area contributed by atoms with Gasteiger partial charge in [-0.1, -0.05) is 0 Å². The van der Waals surface area contributed by atoms with Crippen LogP contribution < -0.4 is 5.32 Å². The van der Waals surface area contributed by atoms with E-state index in [0.29, 0.717) is 16.1 Å². The van der Waals surface area contributed by atoms with Crippen LogP contribution in [0, 0.1) is 6.92 Å². The number of anilines is 1. The van der Waals surface area contributed by atoms with Gasteiger partial charge in [-0.25, -0.2) is 4.79 Å². The molecule has 2 aromatic heterocycles. The number of pyridine rings is 1. The fourth-order valence-electron chi connectivity index (χ4n) is 1.54. The molecule has 20 heavy (non-hydrogen) atoms. The van der Waals surface area contributed by atoms with Gasteiger partial charge in [0.1, 0.15) is 0 Å². The van der Waals surface area contributed by atoms with Crippen molar-refractivity contribution in [3.63, 3.8) is 0 Å². The highest BCUT2D eigenvalue weighted by Crippen LogP contribution is 2.18. The van der Waals surface area contributed by atoms with Crippen molar-refractivity contribution in [3.05, 3.63) is 52.0 Å². The van der Waals surface area contributed by atoms with Crippen LogP contribution in [0.1, 0.15) is 20.8 Å². The van der Waals surface area contributed by atoms with Crippen molar-refractivity contribution in [1.29, 1.82) is 0 Å². The molecule has 2 heterocycles. The van der Waals surface area contributed by atoms with Crippen LogP contribution in [0.25, 0.3) is 6.08 Å². The van der Waals surface area contributed by atoms with E-state index >= 15 is 0 Å². The molecule has 2 rings (SSSR count). The second kappa shape index (κ2) is 6.12. The molecule has 0 aliphatic rings. The summed E-state index contributed by atoms with van der Waals surface area (Å²) in [5.74, 6) is -1.26. The Bertz CT molecular complexity index is 677. The van der Waals surface area contributed by atoms with Gasteiger partial charge >= 0.3 is 5.97 Å². The van der Waals surface area contributed by atoms with Crippen LogP contribution >= 0.6 is 11.3 Å². The van der Waals surface area contributed by atoms with E-state index in [4.69, 9.17) is 5.11 Å². The number of carbonyl (C=O) groups excluding carboxylic acids is 1. The number of carboxylic acid groups (broad SMARTS) is 1. The van der Waals surface area contributed by atoms with Crippen LogP contribution in [0.5, 0.6) is 0 Å². The van der Waals surface area contributed by atoms with Gasteiger partial charge in [-0.3, -0.25) is 9.78 Å². The van der Waals surface area contributed by atoms with E-state index in [-0.39, 0.29) is 5.91 Å². The summed E-state index contributed by atoms with van der Waals surface area (Å²) in [6.45, 7) is 1.89. The maximum absolute atomic E-state index is 12.0. The van der Waals surface area contributed by atoms with Gasteiger partial charge in [-0.05, 0) is 30.7 Å². The van der Waals surface area contributed by atoms with Crippen molar-refractivity contribution in [1.82, 2.24) is 4.98 Å². The maximum atomic E-state index is 12.0. The molecule has 6 heteroatoms. The van der Waals surface area contributed by atoms with Gasteiger partial charge in [-0.15, -0.1) is 11.3 Å². The molecule has 0 radical (unpaired) electrons. The SMILES string of the molecule is Cc1cncc(NC(=O)c2csc(/C=C/C(=O)O)c2)c1. The van der Waals surface area contributed by atoms with Crippen molar-refractivity contribution in [2.24, 2.45) is 0 Å². The molecule has 0 aromatic carbocycles. The first-order chi connectivity index (χ1) is 9.54. The molecule has 2 N–H and O–H groups in total. The molecule has 0 unspecified atom stereocenters. The highest BCUT2D eigenvalue weighted by atomic mass is 32.1. The number of aryl methyl sites for hydroxylation is 1. The van der Waals surface area contributed by atoms with Crippen molar-refractivity contribution in [2.45, 2.75) is 6.92 Å². The second-order valence-electron chi connectivity index (χ2n) is 4.11. The van der Waals surface area contributed by atoms with Crippen LogP contribution in [-0.2, 0) is 4.79 Å². The largest absolute Gasteiger partial charge is 0.478 e. The Morgan fingerprint density at radius 3 is 2.85 bits per heavy atom. The zero-order valence-corrected chi connectivity index (χ0v) is 11.5. The smallest absolute Gasteiger partial charge is 0.328 e. The molecular weight excluding hydrogens is 276 g/mol. The number of nitrogens with zero attached hydrogens (tertiary/aromatic N) is 1. The first-order valence-corrected chi connectivity index (χ1v) is 6.65. The number of thiophene rings is 1. The summed E-state index contributed by atoms with van der Waals surface area (Å²) >= 11 is 1.31. The lowest BCUT2D eigenvalue weighted by Gasteiger charge is -2.03. The molecule has 0 bridgehead atoms. The topological polar surface area (TPSA) is 79.3 Å². The van der Waals surface area contributed by atoms with Crippen LogP contribution in [0.4, 0.5) is 5.69 Å². The Labute approximate surface area is 119 Å². The van der Waals surface area contributed by atoms with Crippen molar-refractivity contribution in [3.8, 4) is 0 Å². The van der Waals surface area contributed by atoms with Gasteiger partial charge in [-0.2, -0.15) is 0 Å². The minimum atomic E-state index is -1.02. The Morgan fingerprint density at radius 1 is 1.35 bits per heavy atom. The molecule has 1 amide bonds. The molecule has 102 valence electrons. The number of aliphatic carboxylic acids is 1. The minimum Gasteiger partial charge on any atom is -0.478 e. The molecule has 0 fully saturated rings. The molecule has 0 aliphatic carbocycles. The van der Waals surface area contributed by atoms with Gasteiger partial charge in [0, 0.05) is 22.5 Å². The summed E-state index contributed by atoms with van der Waals surface area (Å²) in [6.07, 6.45) is 5.77. The van der Waals surface area contributed by atoms with Gasteiger partial charge in [0.2, 0.25) is 0 Å². The van der Waals surface area contributed by atoms with Crippen molar-refractivity contribution < 1.29 is 14.7 Å². The van der Waals surface area contributed by atoms with Crippen molar-refractivity contribution in [2.75, 3.05) is 5.32 Å². The van der Waals surface area contributed by atoms with Gasteiger partial charge in [0.05, 0.1) is 17.4 Å². The molecule has 0 aliphatic heterocycles. The lowest BCUT2D eigenvalue weighted by molar-refractivity contribution is -0.131. The first-order valence-electron chi connectivity index (χ1n) is 5.77. The maximum Gasteiger partial charge on any atom is 0.328 e. The molecular formula is C14H12N2O3S. The lowest BCUT2D eigenvalue weighted by atomic mass is 10.2. The zero-order valence-electron chi connectivity index (χ0n) is 10.7. The number of nitrogens with one attached hydrogen (secondary N) is 1. The van der Waals surface area contributed by atoms with Crippen LogP contribution in [-0.4, -0.2) is 22.0 Å². The summed E-state index contributed by atoms with van der Waals surface area (Å²) in [5.41, 5.74) is 2.07. The normalized spacial score (nSPS) is 10.7. The zero-order chi connectivity index (χ0) is 14.5. The minimum absolute atomic E-state index is 0.247. The number of carbonyl (C=O) groups is 2. The van der Waals surface area contributed by atoms with E-state index in [1.54, 1.807) is 23.8 Å². The number of hydrogen-bond donors (Lipinski definition) is 2. The number of hydrogen-bond acceptors (Lipinski definition) is 4. The van der Waals surface area contributed by atoms with Crippen LogP contribution in [0.3, 0.4) is 0 Å². The Morgan fingerprint density at radius 2 is 2.15 bits per heavy atom. The van der Waals surface area contributed by atoms with Gasteiger partial charge in [0.25, 0.3) is 5.91 Å². The average Bonchev–Trinajstić information content (AvgIpc) is 2.85. The Kier molecular flexibility index (Phi) is 4.27. The predicted octanol–water partition coefficient (Wildman–Crippen LogP) is 2.80. The molecule has 0 spiro atoms. The highest BCUT2D eigenvalue weighted by Gasteiger charge is 2.08. The summed E-state index contributed by atoms with van der Waals surface area (Å²) in [5, 5.41) is 13.0. The molecule has 2 aromatic rings. The standard InChI is InChI=1S/C14H12N2O3S/c1-9-4-11(7-15-6-9)16-14(19)10-5-12(20-8-10)2-3-13(17)18/h2-8H,1H3,(H,16,19)(H,17,18)/b3-2+. The van der Waals surface area contributed by atoms with E-state index in [2.05, 4.69) is 10.3 Å². The van der Waals surface area contributed by atoms with E-state index in [1.807, 2.05) is 13.0 Å². The summed E-state index contributed by atoms with van der Waals surface area (Å²) < 4.78 is 0. The number of carboxylic acids is 1. The van der Waals surface area contributed by atoms with Crippen molar-refractivity contribution >= 4 is 35.0 Å². The van der Waals surface area contributed by atoms with E-state index in [1.165, 1.54) is 17.4 Å². The average molecular weight is 288 g/mol. The molecule has 0 saturated carbocycles. The monoisotopic (exact) mass is 288 g/mol. The summed E-state index contributed by atoms with van der Waals surface area (Å²) in [4.78, 5) is 27.1. The van der Waals surface area contributed by atoms with E-state index in [0.717, 1.165) is 11.6 Å². The number of amides is 1. The number of rotatable bonds is 4. The van der Waals surface area contributed by atoms with Crippen LogP contribution in [0.2, 0.25) is 0 Å². The molecule has 0 saturated heterocycles. The lowest BCUT2D eigenvalue weighted by Crippen LogP contribution is -2.11. The Balaban J connectivity index is 2.08. The predicted molar refractivity (Wildman–Crippen MR) is 77.9 cm³/mol. The summed E-state index contributed by atoms with van der Waals surface area (Å²) in [6, 6.07) is 3.46. The molecule has 5 nitrogen and oxygen atoms in total. The Hall–Kier alpha value is -2.47. The van der Waals surface area contributed by atoms with E-state index < -0.39 is 5.97 Å². The second-order valence-corrected chi connectivity index (χ2v) is 5.06. The summed E-state index contributed by atoms with van der Waals surface area (Å²) in [7, 11) is 0. The quantitative estimate of drug-likeness (QED) is 0.848. The number of aromatic nitrogens is 1. The van der Waals surface area contributed by atoms with Crippen LogP contribution in [0.15, 0.2) is 36.0 Å². The highest BCUT2D eigenvalue weighted by molar-refractivity contribution is 7.11. The third kappa shape index (κ3) is 3.76. The third-order valence-corrected chi connectivity index (χ3v) is 3.30. The first kappa shape index (κ1) is 14.0. The fourth-order valence-corrected chi connectivity index (χ4v) is 2.32. The fraction of sp³-hybridized carbons (Fsp3) is 0.0714. The third-order valence-electron chi connectivity index (χ3n) is 2.40. The molecule has 0 atom stereocenters.